The number of carbonyl (C=O) groups excluding carboxylic acids is 1. The van der Waals surface area contributed by atoms with Gasteiger partial charge in [-0.05, 0) is 53.6 Å². The average Bonchev–Trinajstić information content (AvgIpc) is 2.74. The molecule has 0 unspecified atom stereocenters. The Morgan fingerprint density at radius 3 is 2.62 bits per heavy atom. The van der Waals surface area contributed by atoms with Crippen molar-refractivity contribution in [3.8, 4) is 11.5 Å². The van der Waals surface area contributed by atoms with Crippen LogP contribution in [0.2, 0.25) is 5.02 Å². The van der Waals surface area contributed by atoms with Gasteiger partial charge in [-0.25, -0.2) is 5.43 Å². The van der Waals surface area contributed by atoms with Crippen molar-refractivity contribution in [3.63, 3.8) is 0 Å². The number of nitrogens with one attached hydrogen (secondary N) is 1. The average molecular weight is 407 g/mol. The first-order chi connectivity index (χ1) is 14.1. The van der Waals surface area contributed by atoms with Crippen molar-refractivity contribution in [2.24, 2.45) is 5.10 Å². The first kappa shape index (κ1) is 20.2. The highest BCUT2D eigenvalue weighted by molar-refractivity contribution is 6.32. The van der Waals surface area contributed by atoms with E-state index in [-0.39, 0.29) is 10.8 Å². The van der Waals surface area contributed by atoms with Crippen LogP contribution in [-0.2, 0) is 0 Å². The Kier molecular flexibility index (Phi) is 7.03. The van der Waals surface area contributed by atoms with Crippen molar-refractivity contribution in [2.75, 3.05) is 6.61 Å². The SMILES string of the molecule is O=C(N/N=C/c1cccc(/C=C/COc2ccccc2)c1)c1ccc(O)c(Cl)c1. The molecule has 0 aliphatic rings. The van der Waals surface area contributed by atoms with Gasteiger partial charge in [0.05, 0.1) is 11.2 Å². The van der Waals surface area contributed by atoms with Gasteiger partial charge in [-0.15, -0.1) is 0 Å². The maximum Gasteiger partial charge on any atom is 0.271 e. The summed E-state index contributed by atoms with van der Waals surface area (Å²) in [5.74, 6) is 0.326. The highest BCUT2D eigenvalue weighted by atomic mass is 35.5. The van der Waals surface area contributed by atoms with Crippen LogP contribution in [-0.4, -0.2) is 23.8 Å². The molecule has 1 amide bonds. The minimum Gasteiger partial charge on any atom is -0.506 e. The molecule has 3 rings (SSSR count). The van der Waals surface area contributed by atoms with Gasteiger partial charge in [0, 0.05) is 5.56 Å². The molecule has 0 aliphatic heterocycles. The Hall–Kier alpha value is -3.57. The van der Waals surface area contributed by atoms with Gasteiger partial charge in [0.2, 0.25) is 0 Å². The molecular formula is C23H19ClN2O3. The third-order valence-electron chi connectivity index (χ3n) is 3.90. The van der Waals surface area contributed by atoms with Gasteiger partial charge in [-0.2, -0.15) is 5.10 Å². The van der Waals surface area contributed by atoms with Crippen molar-refractivity contribution >= 4 is 29.8 Å². The first-order valence-electron chi connectivity index (χ1n) is 8.88. The van der Waals surface area contributed by atoms with E-state index in [4.69, 9.17) is 16.3 Å². The third kappa shape index (κ3) is 6.23. The van der Waals surface area contributed by atoms with E-state index in [2.05, 4.69) is 10.5 Å². The van der Waals surface area contributed by atoms with Gasteiger partial charge in [-0.1, -0.05) is 54.1 Å². The summed E-state index contributed by atoms with van der Waals surface area (Å²) in [4.78, 5) is 12.1. The predicted octanol–water partition coefficient (Wildman–Crippen LogP) is 4.90. The van der Waals surface area contributed by atoms with E-state index < -0.39 is 5.91 Å². The first-order valence-corrected chi connectivity index (χ1v) is 9.26. The normalized spacial score (nSPS) is 11.1. The zero-order chi connectivity index (χ0) is 20.5. The maximum atomic E-state index is 12.1. The van der Waals surface area contributed by atoms with Crippen LogP contribution in [0.25, 0.3) is 6.08 Å². The van der Waals surface area contributed by atoms with Gasteiger partial charge < -0.3 is 9.84 Å². The fraction of sp³-hybridized carbons (Fsp3) is 0.0435. The van der Waals surface area contributed by atoms with Gasteiger partial charge in [0.25, 0.3) is 5.91 Å². The summed E-state index contributed by atoms with van der Waals surface area (Å²) >= 11 is 5.81. The van der Waals surface area contributed by atoms with Gasteiger partial charge in [0.15, 0.2) is 0 Å². The summed E-state index contributed by atoms with van der Waals surface area (Å²) in [7, 11) is 0. The largest absolute Gasteiger partial charge is 0.506 e. The number of ether oxygens (including phenoxy) is 1. The molecule has 5 nitrogen and oxygen atoms in total. The second-order valence-electron chi connectivity index (χ2n) is 6.06. The van der Waals surface area contributed by atoms with Gasteiger partial charge >= 0.3 is 0 Å². The molecular weight excluding hydrogens is 388 g/mol. The van der Waals surface area contributed by atoms with Crippen molar-refractivity contribution in [1.29, 1.82) is 0 Å². The topological polar surface area (TPSA) is 70.9 Å². The van der Waals surface area contributed by atoms with Gasteiger partial charge in [-0.3, -0.25) is 4.79 Å². The number of aromatic hydroxyl groups is 1. The summed E-state index contributed by atoms with van der Waals surface area (Å²) < 4.78 is 5.62. The van der Waals surface area contributed by atoms with E-state index in [1.165, 1.54) is 18.2 Å². The summed E-state index contributed by atoms with van der Waals surface area (Å²) in [6.45, 7) is 0.466. The summed E-state index contributed by atoms with van der Waals surface area (Å²) in [5.41, 5.74) is 4.56. The van der Waals surface area contributed by atoms with E-state index >= 15 is 0 Å². The smallest absolute Gasteiger partial charge is 0.271 e. The number of hydrogen-bond acceptors (Lipinski definition) is 4. The van der Waals surface area contributed by atoms with E-state index in [0.29, 0.717) is 12.2 Å². The number of rotatable bonds is 7. The monoisotopic (exact) mass is 406 g/mol. The Morgan fingerprint density at radius 1 is 1.03 bits per heavy atom. The van der Waals surface area contributed by atoms with Crippen LogP contribution in [0.1, 0.15) is 21.5 Å². The number of phenolic OH excluding ortho intramolecular Hbond substituents is 1. The molecule has 0 aromatic heterocycles. The third-order valence-corrected chi connectivity index (χ3v) is 4.20. The zero-order valence-corrected chi connectivity index (χ0v) is 16.2. The Bertz CT molecular complexity index is 1030. The van der Waals surface area contributed by atoms with Crippen LogP contribution in [0.15, 0.2) is 84.0 Å². The minimum absolute atomic E-state index is 0.0780. The fourth-order valence-corrected chi connectivity index (χ4v) is 2.65. The van der Waals surface area contributed by atoms with E-state index in [1.54, 1.807) is 6.21 Å². The van der Waals surface area contributed by atoms with Crippen molar-refractivity contribution < 1.29 is 14.6 Å². The molecule has 0 atom stereocenters. The predicted molar refractivity (Wildman–Crippen MR) is 116 cm³/mol. The van der Waals surface area contributed by atoms with E-state index in [1.807, 2.05) is 66.7 Å². The maximum absolute atomic E-state index is 12.1. The molecule has 0 heterocycles. The molecule has 0 fully saturated rings. The van der Waals surface area contributed by atoms with Crippen LogP contribution in [0.5, 0.6) is 11.5 Å². The standard InChI is InChI=1S/C23H19ClN2O3/c24-21-15-19(11-12-22(21)27)23(28)26-25-16-18-7-4-6-17(14-18)8-5-13-29-20-9-2-1-3-10-20/h1-12,14-16,27H,13H2,(H,26,28)/b8-5+,25-16+. The molecule has 2 N–H and O–H groups in total. The Labute approximate surface area is 173 Å². The van der Waals surface area contributed by atoms with Crippen LogP contribution < -0.4 is 10.2 Å². The zero-order valence-electron chi connectivity index (χ0n) is 15.5. The van der Waals surface area contributed by atoms with Crippen LogP contribution in [0.4, 0.5) is 0 Å². The Morgan fingerprint density at radius 2 is 1.83 bits per heavy atom. The molecule has 0 aliphatic carbocycles. The number of hydrazone groups is 1. The lowest BCUT2D eigenvalue weighted by atomic mass is 10.1. The van der Waals surface area contributed by atoms with Crippen molar-refractivity contribution in [3.05, 3.63) is 101 Å². The van der Waals surface area contributed by atoms with Crippen molar-refractivity contribution in [1.82, 2.24) is 5.43 Å². The second-order valence-corrected chi connectivity index (χ2v) is 6.47. The summed E-state index contributed by atoms with van der Waals surface area (Å²) in [6.07, 6.45) is 5.44. The van der Waals surface area contributed by atoms with Crippen LogP contribution >= 0.6 is 11.6 Å². The lowest BCUT2D eigenvalue weighted by Gasteiger charge is -2.02. The lowest BCUT2D eigenvalue weighted by molar-refractivity contribution is 0.0955. The number of para-hydroxylation sites is 1. The number of phenols is 1. The minimum atomic E-state index is -0.419. The molecule has 3 aromatic carbocycles. The highest BCUT2D eigenvalue weighted by Crippen LogP contribution is 2.23. The summed E-state index contributed by atoms with van der Waals surface area (Å²) in [5, 5.41) is 13.5. The molecule has 0 spiro atoms. The lowest BCUT2D eigenvalue weighted by Crippen LogP contribution is -2.17. The van der Waals surface area contributed by atoms with E-state index in [0.717, 1.165) is 16.9 Å². The highest BCUT2D eigenvalue weighted by Gasteiger charge is 2.07. The van der Waals surface area contributed by atoms with Crippen LogP contribution in [0.3, 0.4) is 0 Å². The Balaban J connectivity index is 1.54. The second kappa shape index (κ2) is 10.1. The molecule has 0 radical (unpaired) electrons. The molecule has 0 saturated carbocycles. The number of halogens is 1. The molecule has 0 bridgehead atoms. The molecule has 146 valence electrons. The number of amides is 1. The molecule has 3 aromatic rings. The van der Waals surface area contributed by atoms with Crippen LogP contribution in [0, 0.1) is 0 Å². The number of hydrogen-bond donors (Lipinski definition) is 2. The van der Waals surface area contributed by atoms with Gasteiger partial charge in [0.1, 0.15) is 18.1 Å². The molecule has 29 heavy (non-hydrogen) atoms. The number of nitrogens with zero attached hydrogens (tertiary/aromatic N) is 1. The molecule has 6 heteroatoms. The number of carbonyl (C=O) groups is 1. The van der Waals surface area contributed by atoms with Crippen molar-refractivity contribution in [2.45, 2.75) is 0 Å². The summed E-state index contributed by atoms with van der Waals surface area (Å²) in [6, 6.07) is 21.5. The fourth-order valence-electron chi connectivity index (χ4n) is 2.47. The number of benzene rings is 3. The van der Waals surface area contributed by atoms with E-state index in [9.17, 15) is 9.90 Å². The molecule has 0 saturated heterocycles. The quantitative estimate of drug-likeness (QED) is 0.433.